The molecule has 0 radical (unpaired) electrons. The quantitative estimate of drug-likeness (QED) is 0.801. The van der Waals surface area contributed by atoms with E-state index in [9.17, 15) is 18.0 Å². The van der Waals surface area contributed by atoms with Gasteiger partial charge in [-0.2, -0.15) is 0 Å². The normalized spacial score (nSPS) is 21.3. The molecule has 2 atom stereocenters. The average Bonchev–Trinajstić information content (AvgIpc) is 2.91. The van der Waals surface area contributed by atoms with E-state index in [0.717, 1.165) is 5.01 Å². The molecule has 0 unspecified atom stereocenters. The predicted octanol–water partition coefficient (Wildman–Crippen LogP) is 0.609. The van der Waals surface area contributed by atoms with E-state index in [2.05, 4.69) is 10.3 Å². The molecule has 0 bridgehead atoms. The number of thiazole rings is 1. The summed E-state index contributed by atoms with van der Waals surface area (Å²) in [5.74, 6) is -1.07. The molecule has 0 spiro atoms. The highest BCUT2D eigenvalue weighted by molar-refractivity contribution is 7.91. The van der Waals surface area contributed by atoms with Gasteiger partial charge in [-0.3, -0.25) is 4.79 Å². The second kappa shape index (κ2) is 6.33. The third-order valence-electron chi connectivity index (χ3n) is 3.32. The highest BCUT2D eigenvalue weighted by atomic mass is 32.2. The molecule has 7 nitrogen and oxygen atoms in total. The monoisotopic (exact) mass is 346 g/mol. The predicted molar refractivity (Wildman–Crippen MR) is 81.7 cm³/mol. The van der Waals surface area contributed by atoms with Gasteiger partial charge in [0, 0.05) is 6.04 Å². The van der Waals surface area contributed by atoms with E-state index >= 15 is 0 Å². The third-order valence-corrected chi connectivity index (χ3v) is 6.14. The number of hydrogen-bond acceptors (Lipinski definition) is 7. The van der Waals surface area contributed by atoms with Gasteiger partial charge in [-0.1, -0.05) is 0 Å². The van der Waals surface area contributed by atoms with Crippen molar-refractivity contribution in [3.63, 3.8) is 0 Å². The summed E-state index contributed by atoms with van der Waals surface area (Å²) in [5, 5.41) is 3.35. The van der Waals surface area contributed by atoms with Crippen molar-refractivity contribution in [2.75, 3.05) is 11.5 Å². The molecule has 1 fully saturated rings. The molecule has 0 saturated carbocycles. The zero-order valence-electron chi connectivity index (χ0n) is 12.6. The summed E-state index contributed by atoms with van der Waals surface area (Å²) >= 11 is 1.21. The molecular weight excluding hydrogens is 328 g/mol. The molecule has 1 aliphatic rings. The van der Waals surface area contributed by atoms with E-state index < -0.39 is 33.9 Å². The van der Waals surface area contributed by atoms with Crippen LogP contribution >= 0.6 is 11.3 Å². The molecule has 1 amide bonds. The first-order chi connectivity index (χ1) is 10.2. The SMILES string of the molecule is Cc1nc(C)c(C(=O)O[C@@H](C)C(=O)N[C@@H]2CCS(=O)(=O)C2)s1. The second-order valence-electron chi connectivity index (χ2n) is 5.30. The maximum Gasteiger partial charge on any atom is 0.351 e. The van der Waals surface area contributed by atoms with Crippen LogP contribution in [0, 0.1) is 13.8 Å². The standard InChI is InChI=1S/C13H18N2O5S2/c1-7-11(21-9(3)14-7)13(17)20-8(2)12(16)15-10-4-5-22(18,19)6-10/h8,10H,4-6H2,1-3H3,(H,15,16)/t8-,10+/m0/s1. The van der Waals surface area contributed by atoms with Gasteiger partial charge in [-0.05, 0) is 27.2 Å². The lowest BCUT2D eigenvalue weighted by atomic mass is 10.2. The number of nitrogens with one attached hydrogen (secondary N) is 1. The maximum absolute atomic E-state index is 12.0. The van der Waals surface area contributed by atoms with Crippen LogP contribution < -0.4 is 5.32 Å². The molecule has 9 heteroatoms. The van der Waals surface area contributed by atoms with Crippen molar-refractivity contribution in [2.24, 2.45) is 0 Å². The minimum atomic E-state index is -3.06. The highest BCUT2D eigenvalue weighted by Crippen LogP contribution is 2.19. The summed E-state index contributed by atoms with van der Waals surface area (Å²) < 4.78 is 27.8. The van der Waals surface area contributed by atoms with E-state index in [1.54, 1.807) is 13.8 Å². The summed E-state index contributed by atoms with van der Waals surface area (Å²) in [4.78, 5) is 28.5. The van der Waals surface area contributed by atoms with E-state index in [4.69, 9.17) is 4.74 Å². The molecule has 2 heterocycles. The number of amides is 1. The van der Waals surface area contributed by atoms with E-state index in [0.29, 0.717) is 17.0 Å². The summed E-state index contributed by atoms with van der Waals surface area (Å²) in [7, 11) is -3.06. The van der Waals surface area contributed by atoms with Gasteiger partial charge in [0.15, 0.2) is 15.9 Å². The number of esters is 1. The van der Waals surface area contributed by atoms with Gasteiger partial charge >= 0.3 is 5.97 Å². The molecular formula is C13H18N2O5S2. The lowest BCUT2D eigenvalue weighted by molar-refractivity contribution is -0.129. The van der Waals surface area contributed by atoms with Crippen LogP contribution in [-0.4, -0.2) is 48.9 Å². The van der Waals surface area contributed by atoms with Crippen LogP contribution in [0.25, 0.3) is 0 Å². The van der Waals surface area contributed by atoms with E-state index in [1.165, 1.54) is 18.3 Å². The van der Waals surface area contributed by atoms with Crippen LogP contribution in [0.5, 0.6) is 0 Å². The van der Waals surface area contributed by atoms with Gasteiger partial charge in [0.2, 0.25) is 0 Å². The molecule has 1 aromatic heterocycles. The van der Waals surface area contributed by atoms with Crippen LogP contribution in [0.15, 0.2) is 0 Å². The van der Waals surface area contributed by atoms with E-state index in [-0.39, 0.29) is 11.5 Å². The van der Waals surface area contributed by atoms with Crippen molar-refractivity contribution >= 4 is 33.1 Å². The number of carbonyl (C=O) groups excluding carboxylic acids is 2. The van der Waals surface area contributed by atoms with Crippen molar-refractivity contribution in [1.82, 2.24) is 10.3 Å². The fourth-order valence-corrected chi connectivity index (χ4v) is 4.69. The smallest absolute Gasteiger partial charge is 0.351 e. The number of nitrogens with zero attached hydrogens (tertiary/aromatic N) is 1. The second-order valence-corrected chi connectivity index (χ2v) is 8.74. The van der Waals surface area contributed by atoms with Gasteiger partial charge in [0.1, 0.15) is 4.88 Å². The Balaban J connectivity index is 1.91. The number of ether oxygens (including phenoxy) is 1. The molecule has 1 N–H and O–H groups in total. The lowest BCUT2D eigenvalue weighted by Gasteiger charge is -2.16. The Kier molecular flexibility index (Phi) is 4.86. The van der Waals surface area contributed by atoms with Crippen LogP contribution in [0.3, 0.4) is 0 Å². The van der Waals surface area contributed by atoms with Gasteiger partial charge in [0.05, 0.1) is 22.2 Å². The fraction of sp³-hybridized carbons (Fsp3) is 0.615. The number of sulfone groups is 1. The van der Waals surface area contributed by atoms with Crippen LogP contribution in [0.2, 0.25) is 0 Å². The number of carbonyl (C=O) groups is 2. The fourth-order valence-electron chi connectivity index (χ4n) is 2.22. The van der Waals surface area contributed by atoms with Crippen molar-refractivity contribution in [2.45, 2.75) is 39.3 Å². The molecule has 0 aliphatic carbocycles. The van der Waals surface area contributed by atoms with Crippen LogP contribution in [0.4, 0.5) is 0 Å². The molecule has 0 aromatic carbocycles. The Hall–Kier alpha value is -1.48. The van der Waals surface area contributed by atoms with Crippen molar-refractivity contribution < 1.29 is 22.7 Å². The zero-order valence-corrected chi connectivity index (χ0v) is 14.2. The van der Waals surface area contributed by atoms with Crippen molar-refractivity contribution in [3.05, 3.63) is 15.6 Å². The molecule has 1 aliphatic heterocycles. The number of hydrogen-bond donors (Lipinski definition) is 1. The van der Waals surface area contributed by atoms with Gasteiger partial charge in [-0.15, -0.1) is 11.3 Å². The first kappa shape index (κ1) is 16.9. The summed E-state index contributed by atoms with van der Waals surface area (Å²) in [6.45, 7) is 4.94. The first-order valence-corrected chi connectivity index (χ1v) is 9.47. The molecule has 1 saturated heterocycles. The van der Waals surface area contributed by atoms with Crippen LogP contribution in [-0.2, 0) is 19.4 Å². The summed E-state index contributed by atoms with van der Waals surface area (Å²) in [5.41, 5.74) is 0.571. The average molecular weight is 346 g/mol. The Morgan fingerprint density at radius 3 is 2.59 bits per heavy atom. The van der Waals surface area contributed by atoms with Crippen molar-refractivity contribution in [3.8, 4) is 0 Å². The molecule has 122 valence electrons. The Bertz CT molecular complexity index is 695. The Morgan fingerprint density at radius 2 is 2.09 bits per heavy atom. The van der Waals surface area contributed by atoms with Gasteiger partial charge < -0.3 is 10.1 Å². The molecule has 1 aromatic rings. The highest BCUT2D eigenvalue weighted by Gasteiger charge is 2.31. The Labute approximate surface area is 133 Å². The van der Waals surface area contributed by atoms with Gasteiger partial charge in [0.25, 0.3) is 5.91 Å². The maximum atomic E-state index is 12.0. The summed E-state index contributed by atoms with van der Waals surface area (Å²) in [6, 6.07) is -0.411. The first-order valence-electron chi connectivity index (χ1n) is 6.84. The minimum absolute atomic E-state index is 0.0629. The van der Waals surface area contributed by atoms with Gasteiger partial charge in [-0.25, -0.2) is 18.2 Å². The number of rotatable bonds is 4. The Morgan fingerprint density at radius 1 is 1.41 bits per heavy atom. The summed E-state index contributed by atoms with van der Waals surface area (Å²) in [6.07, 6.45) is -0.598. The number of aromatic nitrogens is 1. The lowest BCUT2D eigenvalue weighted by Crippen LogP contribution is -2.42. The van der Waals surface area contributed by atoms with Crippen molar-refractivity contribution in [1.29, 1.82) is 0 Å². The topological polar surface area (TPSA) is 102 Å². The molecule has 2 rings (SSSR count). The zero-order chi connectivity index (χ0) is 16.5. The molecule has 22 heavy (non-hydrogen) atoms. The largest absolute Gasteiger partial charge is 0.448 e. The number of aryl methyl sites for hydroxylation is 2. The third kappa shape index (κ3) is 4.04. The minimum Gasteiger partial charge on any atom is -0.448 e. The van der Waals surface area contributed by atoms with E-state index in [1.807, 2.05) is 0 Å². The van der Waals surface area contributed by atoms with Crippen LogP contribution in [0.1, 0.15) is 33.7 Å².